The molecule has 3 heteroatoms. The first-order valence-corrected chi connectivity index (χ1v) is 4.38. The molecule has 0 aliphatic carbocycles. The Kier molecular flexibility index (Phi) is 3.09. The number of nitriles is 2. The van der Waals surface area contributed by atoms with Crippen LogP contribution in [0.3, 0.4) is 0 Å². The lowest BCUT2D eigenvalue weighted by atomic mass is 10.1. The second kappa shape index (κ2) is 4.30. The summed E-state index contributed by atoms with van der Waals surface area (Å²) in [5.74, 6) is 0. The van der Waals surface area contributed by atoms with Gasteiger partial charge in [0.15, 0.2) is 0 Å². The van der Waals surface area contributed by atoms with Crippen LogP contribution in [0.15, 0.2) is 18.2 Å². The van der Waals surface area contributed by atoms with E-state index >= 15 is 0 Å². The number of anilines is 1. The third-order valence-corrected chi connectivity index (χ3v) is 1.71. The van der Waals surface area contributed by atoms with Crippen LogP contribution in [-0.4, -0.2) is 6.04 Å². The Balaban J connectivity index is 3.08. The molecule has 0 aromatic heterocycles. The van der Waals surface area contributed by atoms with Crippen molar-refractivity contribution >= 4 is 5.69 Å². The van der Waals surface area contributed by atoms with E-state index in [2.05, 4.69) is 11.4 Å². The minimum Gasteiger partial charge on any atom is -0.382 e. The Labute approximate surface area is 83.6 Å². The summed E-state index contributed by atoms with van der Waals surface area (Å²) < 4.78 is 0. The van der Waals surface area contributed by atoms with E-state index in [0.717, 1.165) is 5.69 Å². The average molecular weight is 185 g/mol. The van der Waals surface area contributed by atoms with Crippen LogP contribution in [0.2, 0.25) is 0 Å². The first-order chi connectivity index (χ1) is 6.67. The summed E-state index contributed by atoms with van der Waals surface area (Å²) in [4.78, 5) is 0. The van der Waals surface area contributed by atoms with Gasteiger partial charge in [-0.05, 0) is 32.0 Å². The first-order valence-electron chi connectivity index (χ1n) is 4.38. The highest BCUT2D eigenvalue weighted by molar-refractivity contribution is 5.60. The van der Waals surface area contributed by atoms with Crippen LogP contribution >= 0.6 is 0 Å². The van der Waals surface area contributed by atoms with Gasteiger partial charge < -0.3 is 5.32 Å². The highest BCUT2D eigenvalue weighted by Gasteiger charge is 2.03. The molecule has 0 heterocycles. The second-order valence-electron chi connectivity index (χ2n) is 3.28. The van der Waals surface area contributed by atoms with E-state index in [4.69, 9.17) is 10.5 Å². The molecule has 0 aliphatic rings. The van der Waals surface area contributed by atoms with Crippen molar-refractivity contribution in [3.05, 3.63) is 29.3 Å². The number of rotatable bonds is 2. The molecule has 70 valence electrons. The summed E-state index contributed by atoms with van der Waals surface area (Å²) >= 11 is 0. The zero-order chi connectivity index (χ0) is 10.6. The van der Waals surface area contributed by atoms with Gasteiger partial charge in [0, 0.05) is 6.04 Å². The van der Waals surface area contributed by atoms with E-state index in [1.165, 1.54) is 0 Å². The summed E-state index contributed by atoms with van der Waals surface area (Å²) in [6.07, 6.45) is 0. The van der Waals surface area contributed by atoms with Gasteiger partial charge in [0.2, 0.25) is 0 Å². The fourth-order valence-corrected chi connectivity index (χ4v) is 1.14. The standard InChI is InChI=1S/C11H11N3/c1-8(2)14-11-4-3-9(6-12)5-10(11)7-13/h3-5,8,14H,1-2H3. The maximum atomic E-state index is 8.85. The summed E-state index contributed by atoms with van der Waals surface area (Å²) in [5, 5.41) is 20.6. The van der Waals surface area contributed by atoms with Crippen molar-refractivity contribution in [2.75, 3.05) is 5.32 Å². The zero-order valence-electron chi connectivity index (χ0n) is 8.20. The largest absolute Gasteiger partial charge is 0.382 e. The van der Waals surface area contributed by atoms with Gasteiger partial charge in [-0.15, -0.1) is 0 Å². The van der Waals surface area contributed by atoms with Crippen LogP contribution in [-0.2, 0) is 0 Å². The molecule has 0 spiro atoms. The van der Waals surface area contributed by atoms with Crippen LogP contribution in [0, 0.1) is 22.7 Å². The van der Waals surface area contributed by atoms with Gasteiger partial charge in [0.25, 0.3) is 0 Å². The van der Waals surface area contributed by atoms with Gasteiger partial charge in [-0.25, -0.2) is 0 Å². The fraction of sp³-hybridized carbons (Fsp3) is 0.273. The van der Waals surface area contributed by atoms with Crippen molar-refractivity contribution in [2.24, 2.45) is 0 Å². The maximum absolute atomic E-state index is 8.85. The first kappa shape index (κ1) is 10.1. The SMILES string of the molecule is CC(C)Nc1ccc(C#N)cc1C#N. The van der Waals surface area contributed by atoms with Crippen LogP contribution in [0.5, 0.6) is 0 Å². The maximum Gasteiger partial charge on any atom is 0.101 e. The van der Waals surface area contributed by atoms with E-state index in [0.29, 0.717) is 11.1 Å². The average Bonchev–Trinajstić information content (AvgIpc) is 2.17. The van der Waals surface area contributed by atoms with Crippen LogP contribution in [0.25, 0.3) is 0 Å². The number of nitrogens with one attached hydrogen (secondary N) is 1. The molecule has 0 saturated carbocycles. The van der Waals surface area contributed by atoms with Gasteiger partial charge >= 0.3 is 0 Å². The summed E-state index contributed by atoms with van der Waals surface area (Å²) in [7, 11) is 0. The van der Waals surface area contributed by atoms with Crippen molar-refractivity contribution in [2.45, 2.75) is 19.9 Å². The van der Waals surface area contributed by atoms with Gasteiger partial charge in [0.05, 0.1) is 22.9 Å². The molecule has 3 nitrogen and oxygen atoms in total. The van der Waals surface area contributed by atoms with E-state index in [-0.39, 0.29) is 6.04 Å². The Bertz CT molecular complexity index is 408. The smallest absolute Gasteiger partial charge is 0.101 e. The Morgan fingerprint density at radius 2 is 1.93 bits per heavy atom. The molecule has 1 aromatic rings. The molecule has 0 aliphatic heterocycles. The lowest BCUT2D eigenvalue weighted by molar-refractivity contribution is 0.899. The topological polar surface area (TPSA) is 59.6 Å². The molecule has 1 N–H and O–H groups in total. The van der Waals surface area contributed by atoms with E-state index in [1.54, 1.807) is 18.2 Å². The number of nitrogens with zero attached hydrogens (tertiary/aromatic N) is 2. The summed E-state index contributed by atoms with van der Waals surface area (Å²) in [5.41, 5.74) is 1.80. The third-order valence-electron chi connectivity index (χ3n) is 1.71. The highest BCUT2D eigenvalue weighted by atomic mass is 14.9. The molecular weight excluding hydrogens is 174 g/mol. The monoisotopic (exact) mass is 185 g/mol. The Morgan fingerprint density at radius 1 is 1.21 bits per heavy atom. The number of hydrogen-bond donors (Lipinski definition) is 1. The van der Waals surface area contributed by atoms with Crippen LogP contribution in [0.1, 0.15) is 25.0 Å². The second-order valence-corrected chi connectivity index (χ2v) is 3.28. The molecule has 0 amide bonds. The van der Waals surface area contributed by atoms with Crippen molar-refractivity contribution < 1.29 is 0 Å². The molecule has 0 radical (unpaired) electrons. The van der Waals surface area contributed by atoms with Crippen LogP contribution in [0.4, 0.5) is 5.69 Å². The molecule has 0 atom stereocenters. The number of benzene rings is 1. The zero-order valence-corrected chi connectivity index (χ0v) is 8.20. The molecule has 0 saturated heterocycles. The van der Waals surface area contributed by atoms with Crippen molar-refractivity contribution in [3.8, 4) is 12.1 Å². The van der Waals surface area contributed by atoms with E-state index in [9.17, 15) is 0 Å². The van der Waals surface area contributed by atoms with Crippen molar-refractivity contribution in [1.82, 2.24) is 0 Å². The van der Waals surface area contributed by atoms with E-state index < -0.39 is 0 Å². The normalized spacial score (nSPS) is 9.21. The highest BCUT2D eigenvalue weighted by Crippen LogP contribution is 2.17. The van der Waals surface area contributed by atoms with Crippen LogP contribution < -0.4 is 5.32 Å². The summed E-state index contributed by atoms with van der Waals surface area (Å²) in [6, 6.07) is 9.39. The Morgan fingerprint density at radius 3 is 2.43 bits per heavy atom. The van der Waals surface area contributed by atoms with Gasteiger partial charge in [0.1, 0.15) is 6.07 Å². The van der Waals surface area contributed by atoms with Gasteiger partial charge in [-0.3, -0.25) is 0 Å². The molecule has 14 heavy (non-hydrogen) atoms. The third kappa shape index (κ3) is 2.24. The lowest BCUT2D eigenvalue weighted by Crippen LogP contribution is -2.10. The Hall–Kier alpha value is -2.00. The number of hydrogen-bond acceptors (Lipinski definition) is 3. The predicted molar refractivity (Wildman–Crippen MR) is 54.6 cm³/mol. The molecule has 0 fully saturated rings. The van der Waals surface area contributed by atoms with Gasteiger partial charge in [-0.1, -0.05) is 0 Å². The van der Waals surface area contributed by atoms with Crippen molar-refractivity contribution in [3.63, 3.8) is 0 Å². The molecule has 1 rings (SSSR count). The van der Waals surface area contributed by atoms with Gasteiger partial charge in [-0.2, -0.15) is 10.5 Å². The molecule has 0 bridgehead atoms. The summed E-state index contributed by atoms with van der Waals surface area (Å²) in [6.45, 7) is 4.00. The molecular formula is C11H11N3. The molecule has 0 unspecified atom stereocenters. The van der Waals surface area contributed by atoms with E-state index in [1.807, 2.05) is 19.9 Å². The molecule has 1 aromatic carbocycles. The quantitative estimate of drug-likeness (QED) is 0.768. The fourth-order valence-electron chi connectivity index (χ4n) is 1.14. The minimum absolute atomic E-state index is 0.273. The minimum atomic E-state index is 0.273. The predicted octanol–water partition coefficient (Wildman–Crippen LogP) is 2.25. The lowest BCUT2D eigenvalue weighted by Gasteiger charge is -2.11. The van der Waals surface area contributed by atoms with Crippen molar-refractivity contribution in [1.29, 1.82) is 10.5 Å².